The van der Waals surface area contributed by atoms with Crippen LogP contribution in [-0.2, 0) is 0 Å². The van der Waals surface area contributed by atoms with Gasteiger partial charge in [-0.3, -0.25) is 0 Å². The van der Waals surface area contributed by atoms with Crippen LogP contribution < -0.4 is 0 Å². The molecule has 2 saturated carbocycles. The lowest BCUT2D eigenvalue weighted by molar-refractivity contribution is 0.311. The second kappa shape index (κ2) is 6.38. The number of aromatic nitrogens is 2. The summed E-state index contributed by atoms with van der Waals surface area (Å²) in [6, 6.07) is 2.10. The molecule has 0 radical (unpaired) electrons. The number of H-pyrrole nitrogens is 1. The van der Waals surface area contributed by atoms with Gasteiger partial charge >= 0.3 is 0 Å². The van der Waals surface area contributed by atoms with E-state index in [1.165, 1.54) is 69.3 Å². The average Bonchev–Trinajstić information content (AvgIpc) is 3.01. The molecular weight excluding hydrogens is 264 g/mol. The van der Waals surface area contributed by atoms with Gasteiger partial charge in [0.05, 0.1) is 0 Å². The van der Waals surface area contributed by atoms with E-state index in [4.69, 9.17) is 12.2 Å². The summed E-state index contributed by atoms with van der Waals surface area (Å²) in [6.45, 7) is 2.32. The number of rotatable bonds is 3. The first-order valence-electron chi connectivity index (χ1n) is 8.37. The highest BCUT2D eigenvalue weighted by molar-refractivity contribution is 7.71. The Morgan fingerprint density at radius 2 is 1.80 bits per heavy atom. The summed E-state index contributed by atoms with van der Waals surface area (Å²) < 4.78 is 0.790. The van der Waals surface area contributed by atoms with Gasteiger partial charge in [-0.2, -0.15) is 0 Å². The second-order valence-corrected chi connectivity index (χ2v) is 7.09. The van der Waals surface area contributed by atoms with Gasteiger partial charge < -0.3 is 4.98 Å². The third-order valence-electron chi connectivity index (χ3n) is 5.39. The molecule has 1 N–H and O–H groups in total. The standard InChI is InChI=1S/C17H26N2S/c1-2-12-7-9-14(10-8-12)17-18-15(11-16(20)19-17)13-5-3-4-6-13/h11-14H,2-10H2,1H3,(H,18,19,20). The van der Waals surface area contributed by atoms with E-state index in [0.717, 1.165) is 10.6 Å². The Bertz CT molecular complexity index is 494. The smallest absolute Gasteiger partial charge is 0.130 e. The summed E-state index contributed by atoms with van der Waals surface area (Å²) in [5, 5.41) is 0. The monoisotopic (exact) mass is 290 g/mol. The van der Waals surface area contributed by atoms with Crippen LogP contribution >= 0.6 is 12.2 Å². The molecule has 0 bridgehead atoms. The molecule has 1 aromatic rings. The topological polar surface area (TPSA) is 28.7 Å². The Morgan fingerprint density at radius 1 is 1.10 bits per heavy atom. The van der Waals surface area contributed by atoms with Gasteiger partial charge in [0.2, 0.25) is 0 Å². The van der Waals surface area contributed by atoms with Crippen molar-refractivity contribution in [2.45, 2.75) is 76.5 Å². The van der Waals surface area contributed by atoms with Crippen molar-refractivity contribution in [3.63, 3.8) is 0 Å². The molecule has 2 fully saturated rings. The van der Waals surface area contributed by atoms with E-state index in [0.29, 0.717) is 11.8 Å². The number of hydrogen-bond acceptors (Lipinski definition) is 2. The summed E-state index contributed by atoms with van der Waals surface area (Å²) in [4.78, 5) is 8.29. The molecule has 0 aromatic carbocycles. The maximum Gasteiger partial charge on any atom is 0.130 e. The molecule has 0 aliphatic heterocycles. The molecule has 0 atom stereocenters. The molecule has 0 saturated heterocycles. The molecular formula is C17H26N2S. The van der Waals surface area contributed by atoms with Gasteiger partial charge in [-0.1, -0.05) is 38.4 Å². The predicted octanol–water partition coefficient (Wildman–Crippen LogP) is 5.48. The highest BCUT2D eigenvalue weighted by Gasteiger charge is 2.24. The minimum Gasteiger partial charge on any atom is -0.347 e. The number of nitrogens with one attached hydrogen (secondary N) is 1. The van der Waals surface area contributed by atoms with Crippen molar-refractivity contribution in [3.05, 3.63) is 22.2 Å². The van der Waals surface area contributed by atoms with Crippen LogP contribution in [0.2, 0.25) is 0 Å². The molecule has 1 aromatic heterocycles. The molecule has 1 heterocycles. The van der Waals surface area contributed by atoms with Crippen LogP contribution in [0.4, 0.5) is 0 Å². The minimum absolute atomic E-state index is 0.612. The van der Waals surface area contributed by atoms with E-state index in [1.54, 1.807) is 0 Å². The molecule has 3 rings (SSSR count). The van der Waals surface area contributed by atoms with Crippen LogP contribution in [0.25, 0.3) is 0 Å². The zero-order valence-electron chi connectivity index (χ0n) is 12.5. The second-order valence-electron chi connectivity index (χ2n) is 6.67. The Balaban J connectivity index is 1.77. The molecule has 0 amide bonds. The highest BCUT2D eigenvalue weighted by atomic mass is 32.1. The number of hydrogen-bond donors (Lipinski definition) is 1. The molecule has 2 aliphatic rings. The molecule has 0 unspecified atom stereocenters. The summed E-state index contributed by atoms with van der Waals surface area (Å²) in [5.41, 5.74) is 1.36. The Hall–Kier alpha value is -0.700. The summed E-state index contributed by atoms with van der Waals surface area (Å²) in [5.74, 6) is 3.42. The first-order valence-corrected chi connectivity index (χ1v) is 8.78. The first-order chi connectivity index (χ1) is 9.76. The maximum absolute atomic E-state index is 5.41. The average molecular weight is 290 g/mol. The fourth-order valence-corrected chi connectivity index (χ4v) is 4.22. The van der Waals surface area contributed by atoms with Gasteiger partial charge in [0.25, 0.3) is 0 Å². The van der Waals surface area contributed by atoms with Gasteiger partial charge in [-0.15, -0.1) is 0 Å². The van der Waals surface area contributed by atoms with E-state index in [-0.39, 0.29) is 0 Å². The van der Waals surface area contributed by atoms with Crippen LogP contribution in [0.3, 0.4) is 0 Å². The quantitative estimate of drug-likeness (QED) is 0.747. The number of nitrogens with zero attached hydrogens (tertiary/aromatic N) is 1. The molecule has 2 nitrogen and oxygen atoms in total. The van der Waals surface area contributed by atoms with E-state index in [9.17, 15) is 0 Å². The van der Waals surface area contributed by atoms with Gasteiger partial charge in [-0.25, -0.2) is 4.98 Å². The predicted molar refractivity (Wildman–Crippen MR) is 85.6 cm³/mol. The molecule has 110 valence electrons. The summed E-state index contributed by atoms with van der Waals surface area (Å²) >= 11 is 5.41. The van der Waals surface area contributed by atoms with E-state index in [2.05, 4.69) is 23.0 Å². The largest absolute Gasteiger partial charge is 0.347 e. The van der Waals surface area contributed by atoms with Crippen molar-refractivity contribution >= 4 is 12.2 Å². The van der Waals surface area contributed by atoms with Crippen molar-refractivity contribution in [1.29, 1.82) is 0 Å². The Labute approximate surface area is 127 Å². The third kappa shape index (κ3) is 3.13. The van der Waals surface area contributed by atoms with E-state index >= 15 is 0 Å². The lowest BCUT2D eigenvalue weighted by Crippen LogP contribution is -2.16. The van der Waals surface area contributed by atoms with Crippen molar-refractivity contribution in [2.24, 2.45) is 5.92 Å². The van der Waals surface area contributed by atoms with Gasteiger partial charge in [0.1, 0.15) is 10.5 Å². The lowest BCUT2D eigenvalue weighted by atomic mass is 9.80. The molecule has 3 heteroatoms. The van der Waals surface area contributed by atoms with E-state index in [1.807, 2.05) is 0 Å². The zero-order chi connectivity index (χ0) is 13.9. The fraction of sp³-hybridized carbons (Fsp3) is 0.765. The van der Waals surface area contributed by atoms with Gasteiger partial charge in [0, 0.05) is 11.6 Å². The van der Waals surface area contributed by atoms with Crippen molar-refractivity contribution in [3.8, 4) is 0 Å². The van der Waals surface area contributed by atoms with Crippen molar-refractivity contribution < 1.29 is 0 Å². The molecule has 2 aliphatic carbocycles. The molecule has 20 heavy (non-hydrogen) atoms. The number of aromatic amines is 1. The van der Waals surface area contributed by atoms with Gasteiger partial charge in [-0.05, 0) is 56.4 Å². The van der Waals surface area contributed by atoms with Crippen molar-refractivity contribution in [2.75, 3.05) is 0 Å². The summed E-state index contributed by atoms with van der Waals surface area (Å²) in [7, 11) is 0. The Morgan fingerprint density at radius 3 is 2.45 bits per heavy atom. The third-order valence-corrected chi connectivity index (χ3v) is 5.60. The van der Waals surface area contributed by atoms with Crippen molar-refractivity contribution in [1.82, 2.24) is 9.97 Å². The first kappa shape index (κ1) is 14.2. The maximum atomic E-state index is 5.41. The van der Waals surface area contributed by atoms with Crippen LogP contribution in [0.15, 0.2) is 6.07 Å². The molecule has 0 spiro atoms. The van der Waals surface area contributed by atoms with Crippen LogP contribution in [0, 0.1) is 10.6 Å². The highest BCUT2D eigenvalue weighted by Crippen LogP contribution is 2.37. The fourth-order valence-electron chi connectivity index (χ4n) is 3.99. The van der Waals surface area contributed by atoms with Crippen LogP contribution in [0.1, 0.15) is 88.1 Å². The van der Waals surface area contributed by atoms with Crippen LogP contribution in [0.5, 0.6) is 0 Å². The van der Waals surface area contributed by atoms with Crippen LogP contribution in [-0.4, -0.2) is 9.97 Å². The summed E-state index contributed by atoms with van der Waals surface area (Å²) in [6.07, 6.45) is 12.0. The van der Waals surface area contributed by atoms with Gasteiger partial charge in [0.15, 0.2) is 0 Å². The minimum atomic E-state index is 0.612. The Kier molecular flexibility index (Phi) is 4.54. The normalized spacial score (nSPS) is 27.9. The lowest BCUT2D eigenvalue weighted by Gasteiger charge is -2.27. The van der Waals surface area contributed by atoms with E-state index < -0.39 is 0 Å². The SMILES string of the molecule is CCC1CCC(c2nc(=S)cc(C3CCCC3)[nH]2)CC1. The zero-order valence-corrected chi connectivity index (χ0v) is 13.3.